The number of amides is 1. The van der Waals surface area contributed by atoms with E-state index in [1.165, 1.54) is 0 Å². The van der Waals surface area contributed by atoms with Crippen LogP contribution in [0, 0.1) is 11.3 Å². The lowest BCUT2D eigenvalue weighted by atomic mass is 9.82. The lowest BCUT2D eigenvalue weighted by Crippen LogP contribution is -2.42. The highest BCUT2D eigenvalue weighted by Gasteiger charge is 2.26. The third-order valence-corrected chi connectivity index (χ3v) is 1.94. The van der Waals surface area contributed by atoms with Crippen molar-refractivity contribution < 1.29 is 4.79 Å². The van der Waals surface area contributed by atoms with Crippen molar-refractivity contribution in [3.63, 3.8) is 0 Å². The zero-order chi connectivity index (χ0) is 9.07. The van der Waals surface area contributed by atoms with Gasteiger partial charge in [0.2, 0.25) is 5.91 Å². The lowest BCUT2D eigenvalue weighted by Gasteiger charge is -2.25. The molecule has 0 aromatic rings. The summed E-state index contributed by atoms with van der Waals surface area (Å²) < 4.78 is 0. The number of nitrogens with one attached hydrogen (secondary N) is 2. The second-order valence-electron chi connectivity index (χ2n) is 3.83. The third-order valence-electron chi connectivity index (χ3n) is 1.94. The first-order valence-electron chi connectivity index (χ1n) is 3.86. The van der Waals surface area contributed by atoms with Gasteiger partial charge < -0.3 is 0 Å². The van der Waals surface area contributed by atoms with Gasteiger partial charge in [-0.1, -0.05) is 27.7 Å². The summed E-state index contributed by atoms with van der Waals surface area (Å²) in [4.78, 5) is 11.2. The Hall–Kier alpha value is -0.570. The van der Waals surface area contributed by atoms with Crippen LogP contribution < -0.4 is 10.9 Å². The van der Waals surface area contributed by atoms with Gasteiger partial charge in [-0.25, -0.2) is 5.43 Å². The molecule has 1 amide bonds. The Morgan fingerprint density at radius 1 is 1.36 bits per heavy atom. The summed E-state index contributed by atoms with van der Waals surface area (Å²) in [5.41, 5.74) is 5.21. The smallest absolute Gasteiger partial charge is 0.237 e. The van der Waals surface area contributed by atoms with E-state index in [1.807, 2.05) is 27.7 Å². The second-order valence-corrected chi connectivity index (χ2v) is 3.83. The van der Waals surface area contributed by atoms with Gasteiger partial charge in [0, 0.05) is 13.0 Å². The quantitative estimate of drug-likeness (QED) is 0.587. The maximum Gasteiger partial charge on any atom is 0.237 e. The summed E-state index contributed by atoms with van der Waals surface area (Å²) in [5, 5.41) is 0. The highest BCUT2D eigenvalue weighted by atomic mass is 16.2. The van der Waals surface area contributed by atoms with Crippen molar-refractivity contribution in [1.29, 1.82) is 0 Å². The first kappa shape index (κ1) is 10.4. The molecule has 0 saturated carbocycles. The van der Waals surface area contributed by atoms with Gasteiger partial charge in [-0.2, -0.15) is 0 Å². The Kier molecular flexibility index (Phi) is 3.52. The molecule has 2 N–H and O–H groups in total. The van der Waals surface area contributed by atoms with Crippen LogP contribution in [-0.4, -0.2) is 13.0 Å². The van der Waals surface area contributed by atoms with Crippen molar-refractivity contribution >= 4 is 5.91 Å². The molecule has 3 nitrogen and oxygen atoms in total. The summed E-state index contributed by atoms with van der Waals surface area (Å²) in [6.07, 6.45) is 0. The monoisotopic (exact) mass is 158 g/mol. The van der Waals surface area contributed by atoms with Crippen molar-refractivity contribution in [2.45, 2.75) is 27.7 Å². The standard InChI is InChI=1S/C8H18N2O/c1-6(8(2,3)4)7(11)10-9-5/h6,9H,1-5H3,(H,10,11). The molecule has 0 fully saturated rings. The van der Waals surface area contributed by atoms with Gasteiger partial charge >= 0.3 is 0 Å². The molecule has 0 rings (SSSR count). The SMILES string of the molecule is CNNC(=O)C(C)C(C)(C)C. The van der Waals surface area contributed by atoms with Crippen molar-refractivity contribution in [3.8, 4) is 0 Å². The van der Waals surface area contributed by atoms with Gasteiger partial charge in [0.25, 0.3) is 0 Å². The van der Waals surface area contributed by atoms with Gasteiger partial charge in [-0.15, -0.1) is 0 Å². The van der Waals surface area contributed by atoms with Gasteiger partial charge in [0.1, 0.15) is 0 Å². The number of hydrazine groups is 1. The molecular formula is C8H18N2O. The Morgan fingerprint density at radius 2 is 1.82 bits per heavy atom. The van der Waals surface area contributed by atoms with E-state index in [0.29, 0.717) is 0 Å². The summed E-state index contributed by atoms with van der Waals surface area (Å²) in [6, 6.07) is 0. The van der Waals surface area contributed by atoms with Crippen molar-refractivity contribution in [3.05, 3.63) is 0 Å². The molecule has 1 atom stereocenters. The average molecular weight is 158 g/mol. The molecule has 0 aliphatic carbocycles. The minimum atomic E-state index is 0.0231. The van der Waals surface area contributed by atoms with E-state index in [9.17, 15) is 4.79 Å². The van der Waals surface area contributed by atoms with Gasteiger partial charge in [0.05, 0.1) is 0 Å². The van der Waals surface area contributed by atoms with Crippen molar-refractivity contribution in [1.82, 2.24) is 10.9 Å². The first-order valence-corrected chi connectivity index (χ1v) is 3.86. The van der Waals surface area contributed by atoms with Crippen molar-refractivity contribution in [2.24, 2.45) is 11.3 Å². The molecule has 0 aromatic heterocycles. The van der Waals surface area contributed by atoms with Crippen LogP contribution in [0.1, 0.15) is 27.7 Å². The van der Waals surface area contributed by atoms with E-state index < -0.39 is 0 Å². The molecule has 0 bridgehead atoms. The summed E-state index contributed by atoms with van der Waals surface area (Å²) >= 11 is 0. The van der Waals surface area contributed by atoms with Crippen LogP contribution >= 0.6 is 0 Å². The van der Waals surface area contributed by atoms with Crippen LogP contribution in [0.2, 0.25) is 0 Å². The van der Waals surface area contributed by atoms with Crippen molar-refractivity contribution in [2.75, 3.05) is 7.05 Å². The zero-order valence-electron chi connectivity index (χ0n) is 7.99. The number of carbonyl (C=O) groups is 1. The van der Waals surface area contributed by atoms with Crippen LogP contribution in [-0.2, 0) is 4.79 Å². The molecule has 0 radical (unpaired) electrons. The molecule has 0 heterocycles. The highest BCUT2D eigenvalue weighted by molar-refractivity contribution is 5.78. The van der Waals surface area contributed by atoms with Gasteiger partial charge in [-0.3, -0.25) is 10.2 Å². The topological polar surface area (TPSA) is 41.1 Å². The van der Waals surface area contributed by atoms with Crippen LogP contribution in [0.5, 0.6) is 0 Å². The third kappa shape index (κ3) is 3.37. The summed E-state index contributed by atoms with van der Waals surface area (Å²) in [6.45, 7) is 8.07. The molecule has 0 aliphatic heterocycles. The average Bonchev–Trinajstić information content (AvgIpc) is 1.85. The van der Waals surface area contributed by atoms with E-state index in [4.69, 9.17) is 0 Å². The fourth-order valence-corrected chi connectivity index (χ4v) is 0.625. The molecule has 0 aromatic carbocycles. The van der Waals surface area contributed by atoms with Crippen LogP contribution in [0.25, 0.3) is 0 Å². The van der Waals surface area contributed by atoms with E-state index in [0.717, 1.165) is 0 Å². The van der Waals surface area contributed by atoms with Gasteiger partial charge in [-0.05, 0) is 5.41 Å². The number of hydrogen-bond donors (Lipinski definition) is 2. The molecule has 0 saturated heterocycles. The first-order chi connectivity index (χ1) is 4.89. The lowest BCUT2D eigenvalue weighted by molar-refractivity contribution is -0.128. The maximum absolute atomic E-state index is 11.2. The second kappa shape index (κ2) is 3.72. The molecule has 0 spiro atoms. The van der Waals surface area contributed by atoms with Gasteiger partial charge in [0.15, 0.2) is 0 Å². The Bertz CT molecular complexity index is 138. The normalized spacial score (nSPS) is 14.3. The van der Waals surface area contributed by atoms with Crippen LogP contribution in [0.3, 0.4) is 0 Å². The largest absolute Gasteiger partial charge is 0.292 e. The molecular weight excluding hydrogens is 140 g/mol. The molecule has 11 heavy (non-hydrogen) atoms. The number of carbonyl (C=O) groups excluding carboxylic acids is 1. The highest BCUT2D eigenvalue weighted by Crippen LogP contribution is 2.24. The summed E-state index contributed by atoms with van der Waals surface area (Å²) in [7, 11) is 1.69. The summed E-state index contributed by atoms with van der Waals surface area (Å²) in [5.74, 6) is 0.0648. The van der Waals surface area contributed by atoms with E-state index >= 15 is 0 Å². The maximum atomic E-state index is 11.2. The Morgan fingerprint density at radius 3 is 2.09 bits per heavy atom. The molecule has 66 valence electrons. The minimum Gasteiger partial charge on any atom is -0.292 e. The molecule has 0 aliphatic rings. The fraction of sp³-hybridized carbons (Fsp3) is 0.875. The Balaban J connectivity index is 4.03. The number of hydrogen-bond acceptors (Lipinski definition) is 2. The van der Waals surface area contributed by atoms with E-state index in [-0.39, 0.29) is 17.2 Å². The van der Waals surface area contributed by atoms with Crippen LogP contribution in [0.4, 0.5) is 0 Å². The number of rotatable bonds is 2. The van der Waals surface area contributed by atoms with E-state index in [1.54, 1.807) is 7.05 Å². The predicted molar refractivity (Wildman–Crippen MR) is 45.8 cm³/mol. The fourth-order valence-electron chi connectivity index (χ4n) is 0.625. The predicted octanol–water partition coefficient (Wildman–Crippen LogP) is 0.919. The zero-order valence-corrected chi connectivity index (χ0v) is 7.99. The molecule has 3 heteroatoms. The Labute approximate surface area is 68.5 Å². The van der Waals surface area contributed by atoms with Crippen LogP contribution in [0.15, 0.2) is 0 Å². The minimum absolute atomic E-state index is 0.0231. The molecule has 1 unspecified atom stereocenters. The van der Waals surface area contributed by atoms with E-state index in [2.05, 4.69) is 10.9 Å².